The monoisotopic (exact) mass is 544 g/mol. The number of methoxy groups -OCH3 is 1. The minimum atomic E-state index is -0.393. The van der Waals surface area contributed by atoms with E-state index in [1.165, 1.54) is 24.4 Å². The summed E-state index contributed by atoms with van der Waals surface area (Å²) in [6.07, 6.45) is 2.71. The lowest BCUT2D eigenvalue weighted by Gasteiger charge is -2.37. The van der Waals surface area contributed by atoms with Crippen LogP contribution in [-0.2, 0) is 20.9 Å². The summed E-state index contributed by atoms with van der Waals surface area (Å²) in [6, 6.07) is 18.4. The Bertz CT molecular complexity index is 1310. The summed E-state index contributed by atoms with van der Waals surface area (Å²) in [6.45, 7) is 6.90. The van der Waals surface area contributed by atoms with Crippen molar-refractivity contribution in [3.05, 3.63) is 93.7 Å². The van der Waals surface area contributed by atoms with Crippen LogP contribution in [-0.4, -0.2) is 53.1 Å². The number of benzene rings is 2. The highest BCUT2D eigenvalue weighted by atomic mass is 32.2. The normalized spacial score (nSPS) is 19.9. The van der Waals surface area contributed by atoms with E-state index in [9.17, 15) is 9.59 Å². The van der Waals surface area contributed by atoms with Crippen LogP contribution < -0.4 is 5.32 Å². The van der Waals surface area contributed by atoms with E-state index >= 15 is 0 Å². The SMILES string of the molecule is CCC1=C(C(=O)OC)[C@@H](c2cccc(C)c2)N2C(CC(=O)NC3CCN(Cc4ccccc4)CC3)=CSC2=N1. The topological polar surface area (TPSA) is 74.2 Å². The van der Waals surface area contributed by atoms with Crippen molar-refractivity contribution >= 4 is 28.8 Å². The molecule has 0 aliphatic carbocycles. The lowest BCUT2D eigenvalue weighted by atomic mass is 9.92. The summed E-state index contributed by atoms with van der Waals surface area (Å²) < 4.78 is 5.21. The quantitative estimate of drug-likeness (QED) is 0.455. The molecule has 0 bridgehead atoms. The number of rotatable bonds is 8. The van der Waals surface area contributed by atoms with E-state index < -0.39 is 6.04 Å². The lowest BCUT2D eigenvalue weighted by Crippen LogP contribution is -2.45. The van der Waals surface area contributed by atoms with Gasteiger partial charge in [0, 0.05) is 31.4 Å². The number of fused-ring (bicyclic) bond motifs is 1. The number of amides is 1. The molecule has 0 spiro atoms. The standard InChI is InChI=1S/C31H36N4O3S/c1-4-26-28(30(37)38-3)29(23-12-8-9-21(2)17-23)35-25(20-39-31(35)33-26)18-27(36)32-24-13-15-34(16-14-24)19-22-10-6-5-7-11-22/h5-12,17,20,24,29H,4,13-16,18-19H2,1-3H3,(H,32,36)/t29-/m1/s1. The van der Waals surface area contributed by atoms with Crippen LogP contribution in [0.1, 0.15) is 55.3 Å². The molecule has 1 amide bonds. The number of carbonyl (C=O) groups excluding carboxylic acids is 2. The van der Waals surface area contributed by atoms with Gasteiger partial charge in [-0.2, -0.15) is 0 Å². The molecule has 7 nitrogen and oxygen atoms in total. The minimum Gasteiger partial charge on any atom is -0.466 e. The van der Waals surface area contributed by atoms with Crippen LogP contribution in [0.5, 0.6) is 0 Å². The van der Waals surface area contributed by atoms with Gasteiger partial charge in [-0.25, -0.2) is 9.79 Å². The Kier molecular flexibility index (Phi) is 8.53. The Morgan fingerprint density at radius 1 is 1.10 bits per heavy atom. The zero-order valence-corrected chi connectivity index (χ0v) is 23.7. The van der Waals surface area contributed by atoms with Crippen molar-refractivity contribution < 1.29 is 14.3 Å². The molecule has 3 aliphatic rings. The molecule has 8 heteroatoms. The van der Waals surface area contributed by atoms with E-state index in [4.69, 9.17) is 9.73 Å². The van der Waals surface area contributed by atoms with Gasteiger partial charge < -0.3 is 15.0 Å². The van der Waals surface area contributed by atoms with E-state index in [0.29, 0.717) is 12.0 Å². The zero-order chi connectivity index (χ0) is 27.4. The molecule has 2 aromatic carbocycles. The number of aryl methyl sites for hydroxylation is 1. The average molecular weight is 545 g/mol. The molecular weight excluding hydrogens is 508 g/mol. The van der Waals surface area contributed by atoms with Crippen molar-refractivity contribution in [2.75, 3.05) is 20.2 Å². The third kappa shape index (κ3) is 6.12. The van der Waals surface area contributed by atoms with Crippen LogP contribution in [0.4, 0.5) is 0 Å². The van der Waals surface area contributed by atoms with Crippen molar-refractivity contribution in [1.82, 2.24) is 15.1 Å². The maximum absolute atomic E-state index is 13.3. The third-order valence-corrected chi connectivity index (χ3v) is 8.42. The molecule has 39 heavy (non-hydrogen) atoms. The molecule has 0 saturated carbocycles. The number of thioether (sulfide) groups is 1. The van der Waals surface area contributed by atoms with Gasteiger partial charge in [0.2, 0.25) is 5.91 Å². The maximum Gasteiger partial charge on any atom is 0.338 e. The second-order valence-corrected chi connectivity index (χ2v) is 11.1. The Hall–Kier alpha value is -3.36. The number of piperidine rings is 1. The molecule has 1 N–H and O–H groups in total. The van der Waals surface area contributed by atoms with Crippen molar-refractivity contribution in [3.8, 4) is 0 Å². The van der Waals surface area contributed by atoms with Crippen molar-refractivity contribution in [2.24, 2.45) is 4.99 Å². The van der Waals surface area contributed by atoms with Crippen molar-refractivity contribution in [3.63, 3.8) is 0 Å². The van der Waals surface area contributed by atoms with Crippen LogP contribution in [0.25, 0.3) is 0 Å². The van der Waals surface area contributed by atoms with Crippen LogP contribution in [0.15, 0.2) is 82.0 Å². The minimum absolute atomic E-state index is 0.00233. The van der Waals surface area contributed by atoms with Crippen LogP contribution in [0.3, 0.4) is 0 Å². The van der Waals surface area contributed by atoms with Gasteiger partial charge in [-0.1, -0.05) is 78.8 Å². The smallest absolute Gasteiger partial charge is 0.338 e. The predicted octanol–water partition coefficient (Wildman–Crippen LogP) is 5.30. The Labute approximate surface area is 235 Å². The molecule has 3 heterocycles. The molecule has 1 atom stereocenters. The number of hydrogen-bond acceptors (Lipinski definition) is 7. The fourth-order valence-electron chi connectivity index (χ4n) is 5.59. The molecule has 3 aliphatic heterocycles. The first-order chi connectivity index (χ1) is 19.0. The van der Waals surface area contributed by atoms with Gasteiger partial charge >= 0.3 is 5.97 Å². The van der Waals surface area contributed by atoms with E-state index in [-0.39, 0.29) is 24.3 Å². The van der Waals surface area contributed by atoms with Gasteiger partial charge in [0.15, 0.2) is 5.17 Å². The van der Waals surface area contributed by atoms with Gasteiger partial charge in [-0.15, -0.1) is 0 Å². The number of amidine groups is 1. The van der Waals surface area contributed by atoms with Gasteiger partial charge in [-0.3, -0.25) is 9.69 Å². The molecule has 1 saturated heterocycles. The molecule has 5 rings (SSSR count). The largest absolute Gasteiger partial charge is 0.466 e. The lowest BCUT2D eigenvalue weighted by molar-refractivity contribution is -0.136. The first-order valence-corrected chi connectivity index (χ1v) is 14.5. The van der Waals surface area contributed by atoms with E-state index in [1.807, 2.05) is 48.4 Å². The number of carbonyl (C=O) groups is 2. The highest BCUT2D eigenvalue weighted by Crippen LogP contribution is 2.45. The first kappa shape index (κ1) is 27.2. The highest BCUT2D eigenvalue weighted by molar-refractivity contribution is 8.16. The molecule has 204 valence electrons. The van der Waals surface area contributed by atoms with E-state index in [0.717, 1.165) is 60.2 Å². The highest BCUT2D eigenvalue weighted by Gasteiger charge is 2.41. The van der Waals surface area contributed by atoms with Crippen LogP contribution in [0.2, 0.25) is 0 Å². The first-order valence-electron chi connectivity index (χ1n) is 13.6. The Morgan fingerprint density at radius 2 is 1.87 bits per heavy atom. The molecule has 0 unspecified atom stereocenters. The summed E-state index contributed by atoms with van der Waals surface area (Å²) in [7, 11) is 1.41. The summed E-state index contributed by atoms with van der Waals surface area (Å²) >= 11 is 1.51. The van der Waals surface area contributed by atoms with E-state index in [1.54, 1.807) is 0 Å². The summed E-state index contributed by atoms with van der Waals surface area (Å²) in [5.74, 6) is -0.387. The number of allylic oxidation sites excluding steroid dienone is 1. The second kappa shape index (κ2) is 12.2. The summed E-state index contributed by atoms with van der Waals surface area (Å²) in [4.78, 5) is 35.6. The molecule has 0 aromatic heterocycles. The number of likely N-dealkylation sites (tertiary alicyclic amines) is 1. The van der Waals surface area contributed by atoms with Gasteiger partial charge in [0.05, 0.1) is 30.8 Å². The number of esters is 1. The summed E-state index contributed by atoms with van der Waals surface area (Å²) in [5, 5.41) is 6.06. The van der Waals surface area contributed by atoms with Crippen LogP contribution in [0, 0.1) is 6.92 Å². The number of aliphatic imine (C=N–C) groups is 1. The number of hydrogen-bond donors (Lipinski definition) is 1. The Balaban J connectivity index is 1.28. The third-order valence-electron chi connectivity index (χ3n) is 7.53. The fraction of sp³-hybridized carbons (Fsp3) is 0.387. The van der Waals surface area contributed by atoms with Crippen LogP contribution >= 0.6 is 11.8 Å². The molecule has 1 fully saturated rings. The zero-order valence-electron chi connectivity index (χ0n) is 22.9. The predicted molar refractivity (Wildman–Crippen MR) is 156 cm³/mol. The van der Waals surface area contributed by atoms with Crippen molar-refractivity contribution in [1.29, 1.82) is 0 Å². The summed E-state index contributed by atoms with van der Waals surface area (Å²) in [5.41, 5.74) is 5.52. The maximum atomic E-state index is 13.3. The van der Waals surface area contributed by atoms with Crippen molar-refractivity contribution in [2.45, 2.75) is 58.2 Å². The Morgan fingerprint density at radius 3 is 2.56 bits per heavy atom. The van der Waals surface area contributed by atoms with Gasteiger partial charge in [0.1, 0.15) is 0 Å². The molecule has 0 radical (unpaired) electrons. The second-order valence-electron chi connectivity index (χ2n) is 10.3. The average Bonchev–Trinajstić information content (AvgIpc) is 3.35. The molecule has 2 aromatic rings. The number of ether oxygens (including phenoxy) is 1. The fourth-order valence-corrected chi connectivity index (χ4v) is 6.53. The number of nitrogens with zero attached hydrogens (tertiary/aromatic N) is 3. The molecular formula is C31H36N4O3S. The van der Waals surface area contributed by atoms with Gasteiger partial charge in [0.25, 0.3) is 0 Å². The van der Waals surface area contributed by atoms with E-state index in [2.05, 4.69) is 40.5 Å². The van der Waals surface area contributed by atoms with Gasteiger partial charge in [-0.05, 0) is 42.7 Å². The number of nitrogens with one attached hydrogen (secondary N) is 1.